The van der Waals surface area contributed by atoms with Crippen molar-refractivity contribution < 1.29 is 22.4 Å². The zero-order chi connectivity index (χ0) is 28.2. The average Bonchev–Trinajstić information content (AvgIpc) is 2.92. The highest BCUT2D eigenvalue weighted by molar-refractivity contribution is 5.55. The standard InChI is InChI=1S/C34H36O4/c1-3-17-37-33-27-13-7-14-28(33)20-24-10-6-12-26(32(24)36)22-30-16-8-15-29(34(30)38-18-4-2)21-25-11-5-9-23(19-27)31(25)35/h5-16,35-36H,3-4,17-22H2,1-2H3/i5D,6D. The summed E-state index contributed by atoms with van der Waals surface area (Å²) in [6.45, 7) is 5.17. The van der Waals surface area contributed by atoms with E-state index in [2.05, 4.69) is 13.8 Å². The molecule has 5 rings (SSSR count). The maximum Gasteiger partial charge on any atom is 0.126 e. The number of para-hydroxylation sites is 4. The van der Waals surface area contributed by atoms with Crippen LogP contribution in [0.3, 0.4) is 0 Å². The highest BCUT2D eigenvalue weighted by Crippen LogP contribution is 2.38. The van der Waals surface area contributed by atoms with Crippen molar-refractivity contribution in [3.8, 4) is 23.0 Å². The van der Waals surface area contributed by atoms with E-state index >= 15 is 0 Å². The van der Waals surface area contributed by atoms with Crippen LogP contribution in [-0.2, 0) is 25.7 Å². The highest BCUT2D eigenvalue weighted by Gasteiger charge is 2.19. The fourth-order valence-corrected chi connectivity index (χ4v) is 5.14. The lowest BCUT2D eigenvalue weighted by molar-refractivity contribution is 0.311. The van der Waals surface area contributed by atoms with E-state index in [0.717, 1.165) is 46.6 Å². The van der Waals surface area contributed by atoms with Gasteiger partial charge in [0.1, 0.15) is 23.0 Å². The van der Waals surface area contributed by atoms with Crippen LogP contribution in [0.15, 0.2) is 72.7 Å². The van der Waals surface area contributed by atoms with Gasteiger partial charge in [0.25, 0.3) is 0 Å². The summed E-state index contributed by atoms with van der Waals surface area (Å²) in [5, 5.41) is 22.9. The molecule has 0 fully saturated rings. The van der Waals surface area contributed by atoms with Crippen molar-refractivity contribution in [3.63, 3.8) is 0 Å². The van der Waals surface area contributed by atoms with E-state index in [1.54, 1.807) is 24.3 Å². The third kappa shape index (κ3) is 5.35. The van der Waals surface area contributed by atoms with Gasteiger partial charge < -0.3 is 19.7 Å². The zero-order valence-corrected chi connectivity index (χ0v) is 22.1. The molecule has 2 N–H and O–H groups in total. The van der Waals surface area contributed by atoms with Gasteiger partial charge in [-0.15, -0.1) is 0 Å². The maximum absolute atomic E-state index is 11.4. The first-order valence-electron chi connectivity index (χ1n) is 14.5. The van der Waals surface area contributed by atoms with Crippen LogP contribution in [-0.4, -0.2) is 23.4 Å². The van der Waals surface area contributed by atoms with Gasteiger partial charge >= 0.3 is 0 Å². The van der Waals surface area contributed by atoms with Gasteiger partial charge in [0.15, 0.2) is 0 Å². The van der Waals surface area contributed by atoms with Gasteiger partial charge in [0, 0.05) is 25.7 Å². The molecule has 0 saturated carbocycles. The lowest BCUT2D eigenvalue weighted by Crippen LogP contribution is -2.06. The number of rotatable bonds is 6. The first kappa shape index (κ1) is 23.2. The lowest BCUT2D eigenvalue weighted by atomic mass is 9.91. The third-order valence-electron chi connectivity index (χ3n) is 7.03. The third-order valence-corrected chi connectivity index (χ3v) is 7.03. The zero-order valence-electron chi connectivity index (χ0n) is 24.1. The Balaban J connectivity index is 1.75. The van der Waals surface area contributed by atoms with Gasteiger partial charge in [-0.25, -0.2) is 0 Å². The molecule has 196 valence electrons. The van der Waals surface area contributed by atoms with Crippen molar-refractivity contribution in [2.75, 3.05) is 13.2 Å². The first-order chi connectivity index (χ1) is 19.4. The number of aromatic hydroxyl groups is 2. The Hall–Kier alpha value is -3.92. The number of fused-ring (bicyclic) bond motifs is 8. The maximum atomic E-state index is 11.4. The second-order valence-corrected chi connectivity index (χ2v) is 9.92. The van der Waals surface area contributed by atoms with Crippen molar-refractivity contribution in [1.82, 2.24) is 0 Å². The van der Waals surface area contributed by atoms with E-state index in [9.17, 15) is 10.2 Å². The lowest BCUT2D eigenvalue weighted by Gasteiger charge is -2.20. The number of hydrogen-bond donors (Lipinski definition) is 2. The van der Waals surface area contributed by atoms with Crippen molar-refractivity contribution in [2.24, 2.45) is 0 Å². The minimum absolute atomic E-state index is 0.184. The molecular weight excluding hydrogens is 472 g/mol. The number of benzene rings is 4. The minimum Gasteiger partial charge on any atom is -0.507 e. The summed E-state index contributed by atoms with van der Waals surface area (Å²) >= 11 is 0. The molecule has 0 spiro atoms. The molecule has 0 heterocycles. The molecule has 0 unspecified atom stereocenters. The molecule has 1 aliphatic rings. The normalized spacial score (nSPS) is 13.4. The molecule has 0 amide bonds. The Morgan fingerprint density at radius 1 is 0.553 bits per heavy atom. The predicted octanol–water partition coefficient (Wildman–Crippen LogP) is 7.35. The van der Waals surface area contributed by atoms with Gasteiger partial charge in [0.2, 0.25) is 0 Å². The summed E-state index contributed by atoms with van der Waals surface area (Å²) in [5.74, 6) is 1.82. The summed E-state index contributed by atoms with van der Waals surface area (Å²) in [4.78, 5) is 0. The van der Waals surface area contributed by atoms with Crippen LogP contribution in [0.1, 0.15) is 73.9 Å². The summed E-state index contributed by atoms with van der Waals surface area (Å²) < 4.78 is 29.6. The molecule has 4 nitrogen and oxygen atoms in total. The topological polar surface area (TPSA) is 58.9 Å². The van der Waals surface area contributed by atoms with Crippen molar-refractivity contribution >= 4 is 0 Å². The average molecular weight is 511 g/mol. The van der Waals surface area contributed by atoms with Gasteiger partial charge in [-0.05, 0) is 57.3 Å². The largest absolute Gasteiger partial charge is 0.507 e. The molecule has 4 heteroatoms. The summed E-state index contributed by atoms with van der Waals surface area (Å²) in [7, 11) is 0. The summed E-state index contributed by atoms with van der Waals surface area (Å²) in [6.07, 6.45) is 3.26. The Morgan fingerprint density at radius 3 is 1.16 bits per heavy atom. The van der Waals surface area contributed by atoms with Crippen LogP contribution < -0.4 is 9.47 Å². The number of hydrogen-bond acceptors (Lipinski definition) is 4. The van der Waals surface area contributed by atoms with Gasteiger partial charge in [-0.3, -0.25) is 0 Å². The second-order valence-electron chi connectivity index (χ2n) is 9.92. The van der Waals surface area contributed by atoms with Crippen LogP contribution in [0.4, 0.5) is 0 Å². The highest BCUT2D eigenvalue weighted by atomic mass is 16.5. The molecule has 1 aliphatic carbocycles. The van der Waals surface area contributed by atoms with E-state index < -0.39 is 0 Å². The summed E-state index contributed by atoms with van der Waals surface area (Å²) in [6, 6.07) is 19.4. The van der Waals surface area contributed by atoms with Crippen LogP contribution >= 0.6 is 0 Å². The van der Waals surface area contributed by atoms with E-state index in [-0.39, 0.29) is 11.5 Å². The quantitative estimate of drug-likeness (QED) is 0.251. The molecule has 4 aromatic carbocycles. The number of ether oxygens (including phenoxy) is 2. The Morgan fingerprint density at radius 2 is 0.868 bits per heavy atom. The number of phenolic OH excluding ortho intramolecular Hbond substituents is 2. The minimum atomic E-state index is 0.184. The van der Waals surface area contributed by atoms with E-state index in [1.165, 1.54) is 0 Å². The molecule has 8 bridgehead atoms. The molecular formula is C34H36O4. The molecule has 0 radical (unpaired) electrons. The summed E-state index contributed by atoms with van der Waals surface area (Å²) in [5.41, 5.74) is 6.27. The van der Waals surface area contributed by atoms with E-state index in [0.29, 0.717) is 73.2 Å². The molecule has 0 aliphatic heterocycles. The smallest absolute Gasteiger partial charge is 0.126 e. The molecule has 0 saturated heterocycles. The molecule has 4 aromatic rings. The van der Waals surface area contributed by atoms with Crippen LogP contribution in [0, 0.1) is 0 Å². The van der Waals surface area contributed by atoms with Crippen LogP contribution in [0.5, 0.6) is 23.0 Å². The first-order valence-corrected chi connectivity index (χ1v) is 13.5. The van der Waals surface area contributed by atoms with E-state index in [1.807, 2.05) is 36.4 Å². The van der Waals surface area contributed by atoms with Crippen molar-refractivity contribution in [1.29, 1.82) is 0 Å². The Kier molecular flexibility index (Phi) is 7.11. The second kappa shape index (κ2) is 11.6. The van der Waals surface area contributed by atoms with Gasteiger partial charge in [-0.2, -0.15) is 0 Å². The van der Waals surface area contributed by atoms with Crippen LogP contribution in [0.2, 0.25) is 0 Å². The molecule has 0 atom stereocenters. The molecule has 38 heavy (non-hydrogen) atoms. The van der Waals surface area contributed by atoms with Crippen LogP contribution in [0.25, 0.3) is 0 Å². The Bertz CT molecular complexity index is 1320. The fourth-order valence-electron chi connectivity index (χ4n) is 5.14. The van der Waals surface area contributed by atoms with Crippen molar-refractivity contribution in [2.45, 2.75) is 52.4 Å². The van der Waals surface area contributed by atoms with E-state index in [4.69, 9.17) is 12.2 Å². The number of phenols is 2. The molecule has 0 aromatic heterocycles. The van der Waals surface area contributed by atoms with Gasteiger partial charge in [-0.1, -0.05) is 86.6 Å². The monoisotopic (exact) mass is 510 g/mol. The Labute approximate surface area is 228 Å². The van der Waals surface area contributed by atoms with Crippen molar-refractivity contribution in [3.05, 3.63) is 117 Å². The fraction of sp³-hybridized carbons (Fsp3) is 0.294. The predicted molar refractivity (Wildman–Crippen MR) is 152 cm³/mol. The van der Waals surface area contributed by atoms with Gasteiger partial charge in [0.05, 0.1) is 16.0 Å². The SMILES string of the molecule is [2H]c1cc2c(O)c(c1)Cc1cccc(c1OCCC)Cc1cc([2H])cc(c1O)Cc1cccc(c1OCCC)C2.